The number of carbonyl (C=O) groups excluding carboxylic acids is 2. The molecule has 2 aliphatic rings. The average Bonchev–Trinajstić information content (AvgIpc) is 3.27. The van der Waals surface area contributed by atoms with E-state index in [4.69, 9.17) is 4.74 Å². The molecule has 8 heteroatoms. The third-order valence-corrected chi connectivity index (χ3v) is 4.76. The minimum atomic E-state index is -0.849. The van der Waals surface area contributed by atoms with Crippen LogP contribution in [-0.2, 0) is 9.53 Å². The highest BCUT2D eigenvalue weighted by Crippen LogP contribution is 2.40. The van der Waals surface area contributed by atoms with Crippen LogP contribution in [0.1, 0.15) is 13.3 Å². The first kappa shape index (κ1) is 14.8. The average molecular weight is 327 g/mol. The number of rotatable bonds is 3. The molecule has 0 bridgehead atoms. The first-order valence-electron chi connectivity index (χ1n) is 7.69. The molecule has 2 atom stereocenters. The Kier molecular flexibility index (Phi) is 3.17. The van der Waals surface area contributed by atoms with Crippen molar-refractivity contribution in [1.82, 2.24) is 19.7 Å². The zero-order valence-corrected chi connectivity index (χ0v) is 13.4. The van der Waals surface area contributed by atoms with Crippen LogP contribution in [0.15, 0.2) is 36.8 Å². The largest absolute Gasteiger partial charge is 0.380 e. The molecule has 4 rings (SSSR count). The van der Waals surface area contributed by atoms with Gasteiger partial charge < -0.3 is 9.64 Å². The van der Waals surface area contributed by atoms with Gasteiger partial charge in [-0.15, -0.1) is 0 Å². The van der Waals surface area contributed by atoms with Crippen molar-refractivity contribution < 1.29 is 14.3 Å². The Morgan fingerprint density at radius 1 is 1.33 bits per heavy atom. The van der Waals surface area contributed by atoms with Gasteiger partial charge in [-0.25, -0.2) is 19.4 Å². The first-order valence-corrected chi connectivity index (χ1v) is 7.69. The third kappa shape index (κ3) is 1.96. The Morgan fingerprint density at radius 2 is 2.17 bits per heavy atom. The number of amides is 3. The van der Waals surface area contributed by atoms with E-state index < -0.39 is 5.54 Å². The van der Waals surface area contributed by atoms with Crippen LogP contribution in [0.25, 0.3) is 5.82 Å². The summed E-state index contributed by atoms with van der Waals surface area (Å²) in [6.45, 7) is 2.21. The third-order valence-electron chi connectivity index (χ3n) is 4.76. The van der Waals surface area contributed by atoms with Gasteiger partial charge in [-0.05, 0) is 25.1 Å². The molecule has 8 nitrogen and oxygen atoms in total. The number of hydrogen-bond acceptors (Lipinski definition) is 5. The van der Waals surface area contributed by atoms with Crippen LogP contribution in [-0.4, -0.2) is 56.9 Å². The minimum Gasteiger partial charge on any atom is -0.380 e. The SMILES string of the molecule is COC1CN2C(=O)N(c3ccc(-n4cccn4)nc3)C(=O)C2(C)C1. The van der Waals surface area contributed by atoms with Gasteiger partial charge in [0, 0.05) is 32.5 Å². The van der Waals surface area contributed by atoms with Gasteiger partial charge in [0.2, 0.25) is 0 Å². The smallest absolute Gasteiger partial charge is 0.332 e. The fraction of sp³-hybridized carbons (Fsp3) is 0.375. The summed E-state index contributed by atoms with van der Waals surface area (Å²) >= 11 is 0. The number of nitrogens with zero attached hydrogens (tertiary/aromatic N) is 5. The summed E-state index contributed by atoms with van der Waals surface area (Å²) in [5.41, 5.74) is -0.385. The van der Waals surface area contributed by atoms with E-state index in [9.17, 15) is 9.59 Å². The second kappa shape index (κ2) is 5.13. The van der Waals surface area contributed by atoms with Gasteiger partial charge in [-0.3, -0.25) is 4.79 Å². The van der Waals surface area contributed by atoms with E-state index in [0.29, 0.717) is 24.5 Å². The van der Waals surface area contributed by atoms with Crippen molar-refractivity contribution >= 4 is 17.6 Å². The number of anilines is 1. The Hall–Kier alpha value is -2.74. The number of hydrogen-bond donors (Lipinski definition) is 0. The Bertz CT molecular complexity index is 789. The van der Waals surface area contributed by atoms with Gasteiger partial charge in [0.05, 0.1) is 18.0 Å². The van der Waals surface area contributed by atoms with Gasteiger partial charge >= 0.3 is 6.03 Å². The molecule has 0 saturated carbocycles. The Morgan fingerprint density at radius 3 is 2.75 bits per heavy atom. The maximum atomic E-state index is 12.9. The summed E-state index contributed by atoms with van der Waals surface area (Å²) in [7, 11) is 1.60. The maximum absolute atomic E-state index is 12.9. The van der Waals surface area contributed by atoms with Crippen molar-refractivity contribution in [2.75, 3.05) is 18.6 Å². The van der Waals surface area contributed by atoms with E-state index in [0.717, 1.165) is 0 Å². The lowest BCUT2D eigenvalue weighted by Gasteiger charge is -2.21. The fourth-order valence-corrected chi connectivity index (χ4v) is 3.40. The van der Waals surface area contributed by atoms with E-state index in [1.165, 1.54) is 11.1 Å². The van der Waals surface area contributed by atoms with Gasteiger partial charge in [0.25, 0.3) is 5.91 Å². The van der Waals surface area contributed by atoms with Crippen LogP contribution in [0, 0.1) is 0 Å². The molecule has 4 heterocycles. The molecule has 2 saturated heterocycles. The molecular weight excluding hydrogens is 310 g/mol. The monoisotopic (exact) mass is 327 g/mol. The molecule has 3 amide bonds. The zero-order chi connectivity index (χ0) is 16.9. The predicted octanol–water partition coefficient (Wildman–Crippen LogP) is 1.21. The van der Waals surface area contributed by atoms with Crippen molar-refractivity contribution in [2.24, 2.45) is 0 Å². The van der Waals surface area contributed by atoms with Crippen molar-refractivity contribution in [3.05, 3.63) is 36.8 Å². The van der Waals surface area contributed by atoms with Crippen LogP contribution in [0.5, 0.6) is 0 Å². The molecule has 2 fully saturated rings. The van der Waals surface area contributed by atoms with Crippen LogP contribution >= 0.6 is 0 Å². The van der Waals surface area contributed by atoms with Gasteiger partial charge in [0.15, 0.2) is 5.82 Å². The molecule has 0 aromatic carbocycles. The number of methoxy groups -OCH3 is 1. The number of carbonyl (C=O) groups is 2. The molecule has 0 aliphatic carbocycles. The lowest BCUT2D eigenvalue weighted by Crippen LogP contribution is -2.41. The molecule has 24 heavy (non-hydrogen) atoms. The van der Waals surface area contributed by atoms with Gasteiger partial charge in [0.1, 0.15) is 5.54 Å². The van der Waals surface area contributed by atoms with E-state index >= 15 is 0 Å². The molecular formula is C16H17N5O3. The van der Waals surface area contributed by atoms with Crippen molar-refractivity contribution in [3.8, 4) is 5.82 Å². The minimum absolute atomic E-state index is 0.106. The van der Waals surface area contributed by atoms with Gasteiger partial charge in [-0.1, -0.05) is 0 Å². The quantitative estimate of drug-likeness (QED) is 0.792. The molecule has 0 N–H and O–H groups in total. The highest BCUT2D eigenvalue weighted by molar-refractivity contribution is 6.23. The molecule has 2 aromatic rings. The highest BCUT2D eigenvalue weighted by Gasteiger charge is 2.59. The molecule has 0 spiro atoms. The number of aromatic nitrogens is 3. The summed E-state index contributed by atoms with van der Waals surface area (Å²) in [5, 5.41) is 4.10. The molecule has 2 aliphatic heterocycles. The lowest BCUT2D eigenvalue weighted by atomic mass is 9.98. The van der Waals surface area contributed by atoms with Gasteiger partial charge in [-0.2, -0.15) is 5.10 Å². The zero-order valence-electron chi connectivity index (χ0n) is 13.4. The topological polar surface area (TPSA) is 80.6 Å². The predicted molar refractivity (Wildman–Crippen MR) is 84.8 cm³/mol. The molecule has 2 aromatic heterocycles. The van der Waals surface area contributed by atoms with Crippen LogP contribution < -0.4 is 4.90 Å². The van der Waals surface area contributed by atoms with E-state index in [1.54, 1.807) is 54.2 Å². The summed E-state index contributed by atoms with van der Waals surface area (Å²) in [4.78, 5) is 32.6. The van der Waals surface area contributed by atoms with Crippen LogP contribution in [0.4, 0.5) is 10.5 Å². The number of pyridine rings is 1. The Labute approximate surface area is 138 Å². The van der Waals surface area contributed by atoms with E-state index in [1.807, 2.05) is 0 Å². The molecule has 124 valence electrons. The lowest BCUT2D eigenvalue weighted by molar-refractivity contribution is -0.123. The first-order chi connectivity index (χ1) is 11.5. The van der Waals surface area contributed by atoms with Crippen molar-refractivity contribution in [3.63, 3.8) is 0 Å². The summed E-state index contributed by atoms with van der Waals surface area (Å²) < 4.78 is 6.93. The number of imide groups is 1. The van der Waals surface area contributed by atoms with Crippen molar-refractivity contribution in [2.45, 2.75) is 25.0 Å². The van der Waals surface area contributed by atoms with E-state index in [-0.39, 0.29) is 18.0 Å². The second-order valence-corrected chi connectivity index (χ2v) is 6.19. The second-order valence-electron chi connectivity index (χ2n) is 6.19. The van der Waals surface area contributed by atoms with Crippen LogP contribution in [0.3, 0.4) is 0 Å². The summed E-state index contributed by atoms with van der Waals surface area (Å²) in [6.07, 6.45) is 5.35. The standard InChI is InChI=1S/C16H17N5O3/c1-16-8-12(24-2)10-19(16)15(23)21(14(16)22)11-4-5-13(17-9-11)20-7-3-6-18-20/h3-7,9,12H,8,10H2,1-2H3. The number of fused-ring (bicyclic) bond motifs is 1. The number of urea groups is 1. The Balaban J connectivity index is 1.64. The molecule has 2 unspecified atom stereocenters. The fourth-order valence-electron chi connectivity index (χ4n) is 3.40. The molecule has 0 radical (unpaired) electrons. The summed E-state index contributed by atoms with van der Waals surface area (Å²) in [5.74, 6) is 0.384. The number of ether oxygens (including phenoxy) is 1. The highest BCUT2D eigenvalue weighted by atomic mass is 16.5. The normalized spacial score (nSPS) is 26.3. The van der Waals surface area contributed by atoms with Crippen LogP contribution in [0.2, 0.25) is 0 Å². The summed E-state index contributed by atoms with van der Waals surface area (Å²) in [6, 6.07) is 4.91. The van der Waals surface area contributed by atoms with E-state index in [2.05, 4.69) is 10.1 Å². The maximum Gasteiger partial charge on any atom is 0.332 e. The van der Waals surface area contributed by atoms with Crippen molar-refractivity contribution in [1.29, 1.82) is 0 Å².